The number of aromatic nitrogens is 2. The van der Waals surface area contributed by atoms with E-state index in [1.54, 1.807) is 6.20 Å². The van der Waals surface area contributed by atoms with Gasteiger partial charge in [-0.1, -0.05) is 31.2 Å². The molecule has 2 unspecified atom stereocenters. The van der Waals surface area contributed by atoms with Gasteiger partial charge in [0.15, 0.2) is 5.82 Å². The van der Waals surface area contributed by atoms with Crippen molar-refractivity contribution in [3.05, 3.63) is 30.5 Å². The van der Waals surface area contributed by atoms with Crippen LogP contribution in [-0.2, 0) is 0 Å². The van der Waals surface area contributed by atoms with Gasteiger partial charge >= 0.3 is 0 Å². The molecule has 1 saturated heterocycles. The Hall–Kier alpha value is -1.68. The predicted molar refractivity (Wildman–Crippen MR) is 68.9 cm³/mol. The molecule has 3 rings (SSSR count). The van der Waals surface area contributed by atoms with E-state index >= 15 is 0 Å². The minimum atomic E-state index is 0.232. The topological polar surface area (TPSA) is 55.0 Å². The van der Waals surface area contributed by atoms with Crippen LogP contribution in [0, 0.1) is 5.92 Å². The van der Waals surface area contributed by atoms with Crippen LogP contribution in [0.1, 0.15) is 6.92 Å². The van der Waals surface area contributed by atoms with Crippen molar-refractivity contribution in [3.8, 4) is 0 Å². The highest BCUT2D eigenvalue weighted by molar-refractivity contribution is 5.91. The molecule has 2 heterocycles. The maximum Gasteiger partial charge on any atom is 0.159 e. The van der Waals surface area contributed by atoms with E-state index in [-0.39, 0.29) is 6.04 Å². The Morgan fingerprint density at radius 2 is 2.12 bits per heavy atom. The van der Waals surface area contributed by atoms with Crippen LogP contribution in [0.25, 0.3) is 10.8 Å². The van der Waals surface area contributed by atoms with E-state index in [0.29, 0.717) is 5.92 Å². The van der Waals surface area contributed by atoms with Gasteiger partial charge in [-0.25, -0.2) is 0 Å². The van der Waals surface area contributed by atoms with Crippen LogP contribution in [0.2, 0.25) is 0 Å². The average Bonchev–Trinajstić information content (AvgIpc) is 2.69. The summed E-state index contributed by atoms with van der Waals surface area (Å²) in [5, 5.41) is 10.6. The van der Waals surface area contributed by atoms with E-state index in [4.69, 9.17) is 5.73 Å². The van der Waals surface area contributed by atoms with Crippen LogP contribution >= 0.6 is 0 Å². The number of nitrogens with zero attached hydrogens (tertiary/aromatic N) is 3. The number of benzene rings is 1. The lowest BCUT2D eigenvalue weighted by Crippen LogP contribution is -2.28. The van der Waals surface area contributed by atoms with Crippen molar-refractivity contribution >= 4 is 16.6 Å². The summed E-state index contributed by atoms with van der Waals surface area (Å²) in [6, 6.07) is 8.44. The molecular weight excluding hydrogens is 212 g/mol. The monoisotopic (exact) mass is 228 g/mol. The van der Waals surface area contributed by atoms with E-state index < -0.39 is 0 Å². The van der Waals surface area contributed by atoms with E-state index in [0.717, 1.165) is 29.7 Å². The summed E-state index contributed by atoms with van der Waals surface area (Å²) in [4.78, 5) is 2.24. The van der Waals surface area contributed by atoms with E-state index in [1.165, 1.54) is 0 Å². The van der Waals surface area contributed by atoms with Gasteiger partial charge in [0.05, 0.1) is 6.20 Å². The number of rotatable bonds is 1. The number of nitrogens with two attached hydrogens (primary N) is 1. The molecule has 88 valence electrons. The minimum Gasteiger partial charge on any atom is -0.353 e. The molecule has 1 fully saturated rings. The first kappa shape index (κ1) is 10.5. The quantitative estimate of drug-likeness (QED) is 0.802. The fourth-order valence-electron chi connectivity index (χ4n) is 2.41. The molecule has 2 aromatic rings. The number of anilines is 1. The molecule has 4 nitrogen and oxygen atoms in total. The third-order valence-corrected chi connectivity index (χ3v) is 3.52. The molecule has 2 N–H and O–H groups in total. The fraction of sp³-hybridized carbons (Fsp3) is 0.385. The molecule has 1 aliphatic heterocycles. The Morgan fingerprint density at radius 3 is 2.88 bits per heavy atom. The smallest absolute Gasteiger partial charge is 0.159 e. The van der Waals surface area contributed by atoms with Gasteiger partial charge in [-0.15, -0.1) is 5.10 Å². The molecule has 0 spiro atoms. The predicted octanol–water partition coefficient (Wildman–Crippen LogP) is 1.41. The van der Waals surface area contributed by atoms with Crippen LogP contribution < -0.4 is 10.6 Å². The van der Waals surface area contributed by atoms with E-state index in [1.807, 2.05) is 12.1 Å². The summed E-state index contributed by atoms with van der Waals surface area (Å²) in [5.74, 6) is 1.47. The third-order valence-electron chi connectivity index (χ3n) is 3.52. The summed E-state index contributed by atoms with van der Waals surface area (Å²) in [6.07, 6.45) is 1.80. The Balaban J connectivity index is 2.06. The fourth-order valence-corrected chi connectivity index (χ4v) is 2.41. The van der Waals surface area contributed by atoms with Gasteiger partial charge in [0.25, 0.3) is 0 Å². The van der Waals surface area contributed by atoms with Gasteiger partial charge in [0, 0.05) is 29.9 Å². The molecule has 0 aliphatic carbocycles. The second-order valence-electron chi connectivity index (χ2n) is 4.80. The molecule has 2 atom stereocenters. The van der Waals surface area contributed by atoms with E-state index in [2.05, 4.69) is 34.2 Å². The summed E-state index contributed by atoms with van der Waals surface area (Å²) < 4.78 is 0. The zero-order valence-electron chi connectivity index (χ0n) is 9.87. The van der Waals surface area contributed by atoms with Crippen molar-refractivity contribution in [2.45, 2.75) is 13.0 Å². The van der Waals surface area contributed by atoms with Crippen molar-refractivity contribution in [1.29, 1.82) is 0 Å². The number of hydrogen-bond donors (Lipinski definition) is 1. The Morgan fingerprint density at radius 1 is 1.29 bits per heavy atom. The lowest BCUT2D eigenvalue weighted by molar-refractivity contribution is 0.566. The Bertz CT molecular complexity index is 524. The summed E-state index contributed by atoms with van der Waals surface area (Å²) >= 11 is 0. The Labute approximate surface area is 100 Å². The zero-order chi connectivity index (χ0) is 11.8. The minimum absolute atomic E-state index is 0.232. The van der Waals surface area contributed by atoms with Gasteiger partial charge in [-0.2, -0.15) is 5.10 Å². The first-order valence-electron chi connectivity index (χ1n) is 5.96. The van der Waals surface area contributed by atoms with Crippen LogP contribution in [0.3, 0.4) is 0 Å². The molecule has 1 aromatic heterocycles. The average molecular weight is 228 g/mol. The molecule has 0 radical (unpaired) electrons. The maximum atomic E-state index is 6.06. The zero-order valence-corrected chi connectivity index (χ0v) is 9.87. The van der Waals surface area contributed by atoms with Gasteiger partial charge in [-0.3, -0.25) is 0 Å². The second kappa shape index (κ2) is 3.96. The lowest BCUT2D eigenvalue weighted by Gasteiger charge is -2.17. The molecule has 1 aromatic carbocycles. The van der Waals surface area contributed by atoms with Crippen LogP contribution in [0.5, 0.6) is 0 Å². The SMILES string of the molecule is CC1CN(c2nncc3ccccc23)CC1N. The van der Waals surface area contributed by atoms with E-state index in [9.17, 15) is 0 Å². The Kier molecular flexibility index (Phi) is 2.44. The highest BCUT2D eigenvalue weighted by atomic mass is 15.3. The van der Waals surface area contributed by atoms with Crippen LogP contribution in [-0.4, -0.2) is 29.3 Å². The molecule has 0 saturated carbocycles. The van der Waals surface area contributed by atoms with Crippen LogP contribution in [0.4, 0.5) is 5.82 Å². The lowest BCUT2D eigenvalue weighted by atomic mass is 10.1. The highest BCUT2D eigenvalue weighted by Crippen LogP contribution is 2.27. The molecule has 1 aliphatic rings. The van der Waals surface area contributed by atoms with Crippen molar-refractivity contribution in [1.82, 2.24) is 10.2 Å². The van der Waals surface area contributed by atoms with Crippen LogP contribution in [0.15, 0.2) is 30.5 Å². The molecular formula is C13H16N4. The number of hydrogen-bond acceptors (Lipinski definition) is 4. The summed E-state index contributed by atoms with van der Waals surface area (Å²) in [7, 11) is 0. The highest BCUT2D eigenvalue weighted by Gasteiger charge is 2.28. The largest absolute Gasteiger partial charge is 0.353 e. The molecule has 4 heteroatoms. The van der Waals surface area contributed by atoms with Crippen molar-refractivity contribution in [2.24, 2.45) is 11.7 Å². The summed E-state index contributed by atoms with van der Waals surface area (Å²) in [6.45, 7) is 4.01. The standard InChI is InChI=1S/C13H16N4/c1-9-7-17(8-12(9)14)13-11-5-3-2-4-10(11)6-15-16-13/h2-6,9,12H,7-8,14H2,1H3. The van der Waals surface area contributed by atoms with Crippen molar-refractivity contribution in [2.75, 3.05) is 18.0 Å². The molecule has 0 bridgehead atoms. The second-order valence-corrected chi connectivity index (χ2v) is 4.80. The first-order chi connectivity index (χ1) is 8.25. The van der Waals surface area contributed by atoms with Crippen molar-refractivity contribution in [3.63, 3.8) is 0 Å². The third kappa shape index (κ3) is 1.74. The van der Waals surface area contributed by atoms with Gasteiger partial charge in [0.1, 0.15) is 0 Å². The maximum absolute atomic E-state index is 6.06. The number of fused-ring (bicyclic) bond motifs is 1. The summed E-state index contributed by atoms with van der Waals surface area (Å²) in [5.41, 5.74) is 6.06. The normalized spacial score (nSPS) is 24.5. The van der Waals surface area contributed by atoms with Gasteiger partial charge in [0.2, 0.25) is 0 Å². The van der Waals surface area contributed by atoms with Gasteiger partial charge < -0.3 is 10.6 Å². The molecule has 17 heavy (non-hydrogen) atoms. The molecule has 0 amide bonds. The van der Waals surface area contributed by atoms with Crippen molar-refractivity contribution < 1.29 is 0 Å². The van der Waals surface area contributed by atoms with Gasteiger partial charge in [-0.05, 0) is 5.92 Å². The first-order valence-corrected chi connectivity index (χ1v) is 5.96.